The van der Waals surface area contributed by atoms with Gasteiger partial charge in [-0.3, -0.25) is 0 Å². The van der Waals surface area contributed by atoms with Gasteiger partial charge in [0.25, 0.3) is 0 Å². The minimum atomic E-state index is -4.49. The van der Waals surface area contributed by atoms with Gasteiger partial charge in [0, 0.05) is 17.4 Å². The van der Waals surface area contributed by atoms with Crippen LogP contribution >= 0.6 is 0 Å². The molecule has 0 amide bonds. The maximum Gasteiger partial charge on any atom is 0.418 e. The summed E-state index contributed by atoms with van der Waals surface area (Å²) in [4.78, 5) is 8.36. The van der Waals surface area contributed by atoms with Crippen molar-refractivity contribution in [3.8, 4) is 0 Å². The molecule has 0 fully saturated rings. The lowest BCUT2D eigenvalue weighted by Gasteiger charge is -2.15. The van der Waals surface area contributed by atoms with E-state index in [4.69, 9.17) is 0 Å². The molecule has 0 saturated heterocycles. The van der Waals surface area contributed by atoms with Crippen LogP contribution in [0, 0.1) is 12.7 Å². The predicted molar refractivity (Wildman–Crippen MR) is 91.2 cm³/mol. The number of halogens is 4. The second-order valence-electron chi connectivity index (χ2n) is 5.52. The van der Waals surface area contributed by atoms with Crippen molar-refractivity contribution in [2.75, 3.05) is 10.6 Å². The number of para-hydroxylation sites is 1. The van der Waals surface area contributed by atoms with Crippen LogP contribution in [-0.2, 0) is 6.18 Å². The molecule has 0 aliphatic rings. The summed E-state index contributed by atoms with van der Waals surface area (Å²) in [6.07, 6.45) is -4.49. The normalized spacial score (nSPS) is 11.3. The average Bonchev–Trinajstić information content (AvgIpc) is 2.56. The summed E-state index contributed by atoms with van der Waals surface area (Å²) in [5, 5.41) is 5.58. The number of alkyl halides is 3. The van der Waals surface area contributed by atoms with E-state index in [0.717, 1.165) is 6.07 Å². The van der Waals surface area contributed by atoms with Gasteiger partial charge in [-0.2, -0.15) is 18.2 Å². The lowest BCUT2D eigenvalue weighted by atomic mass is 10.1. The monoisotopic (exact) mass is 362 g/mol. The summed E-state index contributed by atoms with van der Waals surface area (Å²) >= 11 is 0. The molecule has 0 unspecified atom stereocenters. The molecule has 134 valence electrons. The molecule has 2 N–H and O–H groups in total. The number of aromatic nitrogens is 2. The summed E-state index contributed by atoms with van der Waals surface area (Å²) in [7, 11) is 0. The van der Waals surface area contributed by atoms with Crippen LogP contribution in [0.4, 0.5) is 40.7 Å². The topological polar surface area (TPSA) is 49.8 Å². The molecule has 3 aromatic rings. The Morgan fingerprint density at radius 2 is 1.58 bits per heavy atom. The molecule has 26 heavy (non-hydrogen) atoms. The van der Waals surface area contributed by atoms with Crippen LogP contribution < -0.4 is 10.6 Å². The largest absolute Gasteiger partial charge is 0.418 e. The molecule has 1 aromatic heterocycles. The Balaban J connectivity index is 1.88. The van der Waals surface area contributed by atoms with Crippen molar-refractivity contribution in [3.05, 3.63) is 71.7 Å². The summed E-state index contributed by atoms with van der Waals surface area (Å²) in [6.45, 7) is 1.69. The summed E-state index contributed by atoms with van der Waals surface area (Å²) in [5.41, 5.74) is 0.213. The zero-order valence-corrected chi connectivity index (χ0v) is 13.6. The molecule has 0 bridgehead atoms. The highest BCUT2D eigenvalue weighted by Crippen LogP contribution is 2.35. The maximum atomic E-state index is 13.1. The van der Waals surface area contributed by atoms with Gasteiger partial charge in [0.15, 0.2) is 0 Å². The van der Waals surface area contributed by atoms with Crippen LogP contribution in [-0.4, -0.2) is 9.97 Å². The molecule has 0 saturated carbocycles. The summed E-state index contributed by atoms with van der Waals surface area (Å²) in [5.74, 6) is 0.00855. The number of nitrogens with one attached hydrogen (secondary N) is 2. The summed E-state index contributed by atoms with van der Waals surface area (Å²) in [6, 6.07) is 12.2. The Morgan fingerprint density at radius 1 is 0.885 bits per heavy atom. The van der Waals surface area contributed by atoms with Gasteiger partial charge in [-0.15, -0.1) is 0 Å². The first kappa shape index (κ1) is 17.7. The fourth-order valence-electron chi connectivity index (χ4n) is 2.33. The van der Waals surface area contributed by atoms with Gasteiger partial charge >= 0.3 is 6.18 Å². The zero-order valence-electron chi connectivity index (χ0n) is 13.6. The lowest BCUT2D eigenvalue weighted by molar-refractivity contribution is -0.136. The SMILES string of the molecule is Cc1cc(Nc2ccccc2C(F)(F)F)nc(Nc2ccc(F)cc2)n1. The molecule has 0 radical (unpaired) electrons. The predicted octanol–water partition coefficient (Wildman–Crippen LogP) is 5.43. The number of hydrogen-bond donors (Lipinski definition) is 2. The second-order valence-corrected chi connectivity index (χ2v) is 5.52. The van der Waals surface area contributed by atoms with Gasteiger partial charge in [0.05, 0.1) is 11.3 Å². The molecule has 2 aromatic carbocycles. The molecule has 1 heterocycles. The van der Waals surface area contributed by atoms with Gasteiger partial charge in [0.2, 0.25) is 5.95 Å². The number of aryl methyl sites for hydroxylation is 1. The van der Waals surface area contributed by atoms with Gasteiger partial charge in [0.1, 0.15) is 11.6 Å². The highest BCUT2D eigenvalue weighted by Gasteiger charge is 2.33. The molecule has 8 heteroatoms. The first-order valence-corrected chi connectivity index (χ1v) is 7.63. The Morgan fingerprint density at radius 3 is 2.27 bits per heavy atom. The van der Waals surface area contributed by atoms with Gasteiger partial charge < -0.3 is 10.6 Å². The molecule has 0 aliphatic carbocycles. The van der Waals surface area contributed by atoms with Crippen LogP contribution in [0.25, 0.3) is 0 Å². The quantitative estimate of drug-likeness (QED) is 0.608. The molecular formula is C18H14F4N4. The number of hydrogen-bond acceptors (Lipinski definition) is 4. The molecule has 4 nitrogen and oxygen atoms in total. The highest BCUT2D eigenvalue weighted by molar-refractivity contribution is 5.63. The van der Waals surface area contributed by atoms with Crippen molar-refractivity contribution in [2.24, 2.45) is 0 Å². The first-order valence-electron chi connectivity index (χ1n) is 7.63. The number of benzene rings is 2. The van der Waals surface area contributed by atoms with E-state index in [1.54, 1.807) is 6.92 Å². The molecule has 0 aliphatic heterocycles. The van der Waals surface area contributed by atoms with Gasteiger partial charge in [-0.05, 0) is 43.3 Å². The average molecular weight is 362 g/mol. The van der Waals surface area contributed by atoms with Crippen molar-refractivity contribution in [2.45, 2.75) is 13.1 Å². The van der Waals surface area contributed by atoms with E-state index in [-0.39, 0.29) is 23.3 Å². The number of rotatable bonds is 4. The standard InChI is InChI=1S/C18H14F4N4/c1-11-10-16(25-15-5-3-2-4-14(15)18(20,21)22)26-17(23-11)24-13-8-6-12(19)7-9-13/h2-10H,1H3,(H2,23,24,25,26). The Kier molecular flexibility index (Phi) is 4.75. The highest BCUT2D eigenvalue weighted by atomic mass is 19.4. The molecule has 0 spiro atoms. The van der Waals surface area contributed by atoms with Crippen molar-refractivity contribution in [1.82, 2.24) is 9.97 Å². The third-order valence-electron chi connectivity index (χ3n) is 3.45. The van der Waals surface area contributed by atoms with Gasteiger partial charge in [-0.25, -0.2) is 9.37 Å². The fourth-order valence-corrected chi connectivity index (χ4v) is 2.33. The van der Waals surface area contributed by atoms with E-state index in [1.165, 1.54) is 48.5 Å². The van der Waals surface area contributed by atoms with Crippen LogP contribution in [0.3, 0.4) is 0 Å². The van der Waals surface area contributed by atoms with E-state index in [0.29, 0.717) is 11.4 Å². The van der Waals surface area contributed by atoms with E-state index in [1.807, 2.05) is 0 Å². The Hall–Kier alpha value is -3.16. The molecular weight excluding hydrogens is 348 g/mol. The molecule has 3 rings (SSSR count). The van der Waals surface area contributed by atoms with Crippen LogP contribution in [0.1, 0.15) is 11.3 Å². The second kappa shape index (κ2) is 6.99. The van der Waals surface area contributed by atoms with Crippen molar-refractivity contribution >= 4 is 23.1 Å². The van der Waals surface area contributed by atoms with Crippen molar-refractivity contribution in [1.29, 1.82) is 0 Å². The zero-order chi connectivity index (χ0) is 18.7. The van der Waals surface area contributed by atoms with E-state index < -0.39 is 11.7 Å². The van der Waals surface area contributed by atoms with E-state index >= 15 is 0 Å². The van der Waals surface area contributed by atoms with Crippen molar-refractivity contribution < 1.29 is 17.6 Å². The third-order valence-corrected chi connectivity index (χ3v) is 3.45. The smallest absolute Gasteiger partial charge is 0.340 e. The van der Waals surface area contributed by atoms with Crippen molar-refractivity contribution in [3.63, 3.8) is 0 Å². The number of anilines is 4. The van der Waals surface area contributed by atoms with Crippen LogP contribution in [0.15, 0.2) is 54.6 Å². The number of nitrogens with zero attached hydrogens (tertiary/aromatic N) is 2. The Bertz CT molecular complexity index is 908. The lowest BCUT2D eigenvalue weighted by Crippen LogP contribution is -2.09. The fraction of sp³-hybridized carbons (Fsp3) is 0.111. The van der Waals surface area contributed by atoms with Crippen LogP contribution in [0.2, 0.25) is 0 Å². The maximum absolute atomic E-state index is 13.1. The summed E-state index contributed by atoms with van der Waals surface area (Å²) < 4.78 is 52.3. The Labute approximate surface area is 146 Å². The minimum absolute atomic E-state index is 0.106. The van der Waals surface area contributed by atoms with E-state index in [2.05, 4.69) is 20.6 Å². The third kappa shape index (κ3) is 4.27. The van der Waals surface area contributed by atoms with E-state index in [9.17, 15) is 17.6 Å². The minimum Gasteiger partial charge on any atom is -0.340 e. The van der Waals surface area contributed by atoms with Crippen LogP contribution in [0.5, 0.6) is 0 Å². The first-order chi connectivity index (χ1) is 12.3. The van der Waals surface area contributed by atoms with Gasteiger partial charge in [-0.1, -0.05) is 12.1 Å². The molecule has 0 atom stereocenters.